The van der Waals surface area contributed by atoms with Crippen LogP contribution in [0.2, 0.25) is 10.0 Å². The molecule has 98 valence electrons. The number of rotatable bonds is 1. The molecule has 1 saturated heterocycles. The lowest BCUT2D eigenvalue weighted by Crippen LogP contribution is -2.48. The maximum Gasteiger partial charge on any atom is 0.219 e. The molecule has 1 aliphatic heterocycles. The summed E-state index contributed by atoms with van der Waals surface area (Å²) >= 11 is 11.9. The van der Waals surface area contributed by atoms with Crippen molar-refractivity contribution in [1.29, 1.82) is 0 Å². The Labute approximate surface area is 116 Å². The molecule has 1 fully saturated rings. The van der Waals surface area contributed by atoms with E-state index in [0.717, 1.165) is 18.8 Å². The maximum absolute atomic E-state index is 11.3. The molecule has 0 bridgehead atoms. The Balaban J connectivity index is 2.15. The molecule has 2 rings (SSSR count). The van der Waals surface area contributed by atoms with E-state index >= 15 is 0 Å². The summed E-state index contributed by atoms with van der Waals surface area (Å²) < 4.78 is 0. The van der Waals surface area contributed by atoms with Crippen molar-refractivity contribution < 1.29 is 4.79 Å². The zero-order chi connectivity index (χ0) is 13.3. The minimum Gasteiger partial charge on any atom is -0.397 e. The zero-order valence-corrected chi connectivity index (χ0v) is 11.6. The summed E-state index contributed by atoms with van der Waals surface area (Å²) in [5, 5.41) is 0.954. The lowest BCUT2D eigenvalue weighted by Gasteiger charge is -2.36. The van der Waals surface area contributed by atoms with Crippen LogP contribution in [0, 0.1) is 0 Å². The van der Waals surface area contributed by atoms with Gasteiger partial charge in [0.1, 0.15) is 0 Å². The molecule has 1 aromatic rings. The van der Waals surface area contributed by atoms with Gasteiger partial charge in [0, 0.05) is 33.1 Å². The third-order valence-corrected chi connectivity index (χ3v) is 3.86. The van der Waals surface area contributed by atoms with Crippen LogP contribution in [-0.2, 0) is 4.79 Å². The molecule has 0 aliphatic carbocycles. The standard InChI is InChI=1S/C12H15Cl2N3O/c1-8(18)16-2-4-17(5-3-16)12-7-10(14)9(13)6-11(12)15/h6-7H,2-5,15H2,1H3. The van der Waals surface area contributed by atoms with Crippen LogP contribution in [0.4, 0.5) is 11.4 Å². The quantitative estimate of drug-likeness (QED) is 0.806. The number of carbonyl (C=O) groups is 1. The number of nitrogens with two attached hydrogens (primary N) is 1. The highest BCUT2D eigenvalue weighted by molar-refractivity contribution is 6.42. The Hall–Kier alpha value is -1.13. The minimum atomic E-state index is 0.108. The van der Waals surface area contributed by atoms with Crippen LogP contribution in [0.1, 0.15) is 6.92 Å². The number of nitrogens with zero attached hydrogens (tertiary/aromatic N) is 2. The van der Waals surface area contributed by atoms with Crippen molar-refractivity contribution in [3.63, 3.8) is 0 Å². The van der Waals surface area contributed by atoms with Gasteiger partial charge in [0.05, 0.1) is 21.4 Å². The Bertz CT molecular complexity index is 471. The van der Waals surface area contributed by atoms with E-state index in [2.05, 4.69) is 4.90 Å². The van der Waals surface area contributed by atoms with Gasteiger partial charge in [-0.3, -0.25) is 4.79 Å². The van der Waals surface area contributed by atoms with Gasteiger partial charge in [-0.1, -0.05) is 23.2 Å². The summed E-state index contributed by atoms with van der Waals surface area (Å²) in [5.74, 6) is 0.108. The molecule has 0 spiro atoms. The van der Waals surface area contributed by atoms with Crippen molar-refractivity contribution in [2.75, 3.05) is 36.8 Å². The zero-order valence-electron chi connectivity index (χ0n) is 10.1. The lowest BCUT2D eigenvalue weighted by molar-refractivity contribution is -0.129. The largest absolute Gasteiger partial charge is 0.397 e. The molecule has 1 amide bonds. The highest BCUT2D eigenvalue weighted by atomic mass is 35.5. The Morgan fingerprint density at radius 3 is 2.28 bits per heavy atom. The Morgan fingerprint density at radius 2 is 1.72 bits per heavy atom. The fourth-order valence-electron chi connectivity index (χ4n) is 2.09. The first-order valence-corrected chi connectivity index (χ1v) is 6.49. The number of amides is 1. The van der Waals surface area contributed by atoms with Crippen molar-refractivity contribution in [3.8, 4) is 0 Å². The molecule has 0 atom stereocenters. The van der Waals surface area contributed by atoms with Gasteiger partial charge in [0.25, 0.3) is 0 Å². The summed E-state index contributed by atoms with van der Waals surface area (Å²) in [7, 11) is 0. The monoisotopic (exact) mass is 287 g/mol. The minimum absolute atomic E-state index is 0.108. The molecule has 4 nitrogen and oxygen atoms in total. The highest BCUT2D eigenvalue weighted by Gasteiger charge is 2.20. The summed E-state index contributed by atoms with van der Waals surface area (Å²) in [6.45, 7) is 4.50. The van der Waals surface area contributed by atoms with E-state index in [1.54, 1.807) is 19.1 Å². The molecular formula is C12H15Cl2N3O. The van der Waals surface area contributed by atoms with Gasteiger partial charge in [-0.2, -0.15) is 0 Å². The molecule has 6 heteroatoms. The van der Waals surface area contributed by atoms with Gasteiger partial charge in [-0.25, -0.2) is 0 Å². The predicted molar refractivity (Wildman–Crippen MR) is 75.3 cm³/mol. The second-order valence-electron chi connectivity index (χ2n) is 4.32. The topological polar surface area (TPSA) is 49.6 Å². The Morgan fingerprint density at radius 1 is 1.17 bits per heavy atom. The van der Waals surface area contributed by atoms with Gasteiger partial charge in [0.2, 0.25) is 5.91 Å². The van der Waals surface area contributed by atoms with Crippen LogP contribution in [-0.4, -0.2) is 37.0 Å². The van der Waals surface area contributed by atoms with E-state index in [9.17, 15) is 4.79 Å². The smallest absolute Gasteiger partial charge is 0.219 e. The number of hydrogen-bond acceptors (Lipinski definition) is 3. The molecule has 2 N–H and O–H groups in total. The van der Waals surface area contributed by atoms with E-state index in [-0.39, 0.29) is 5.91 Å². The average Bonchev–Trinajstić information content (AvgIpc) is 2.34. The third kappa shape index (κ3) is 2.65. The van der Waals surface area contributed by atoms with Gasteiger partial charge in [0.15, 0.2) is 0 Å². The third-order valence-electron chi connectivity index (χ3n) is 3.14. The predicted octanol–water partition coefficient (Wildman–Crippen LogP) is 2.24. The molecule has 0 saturated carbocycles. The van der Waals surface area contributed by atoms with Crippen LogP contribution in [0.5, 0.6) is 0 Å². The van der Waals surface area contributed by atoms with Crippen molar-refractivity contribution in [2.45, 2.75) is 6.92 Å². The normalized spacial score (nSPS) is 15.9. The number of nitrogen functional groups attached to an aromatic ring is 1. The molecule has 0 aromatic heterocycles. The van der Waals surface area contributed by atoms with E-state index in [1.807, 2.05) is 4.90 Å². The fraction of sp³-hybridized carbons (Fsp3) is 0.417. The van der Waals surface area contributed by atoms with Crippen LogP contribution in [0.15, 0.2) is 12.1 Å². The van der Waals surface area contributed by atoms with Crippen molar-refractivity contribution in [2.24, 2.45) is 0 Å². The number of hydrogen-bond donors (Lipinski definition) is 1. The molecule has 18 heavy (non-hydrogen) atoms. The van der Waals surface area contributed by atoms with E-state index in [0.29, 0.717) is 28.8 Å². The van der Waals surface area contributed by atoms with Gasteiger partial charge in [-0.05, 0) is 12.1 Å². The highest BCUT2D eigenvalue weighted by Crippen LogP contribution is 2.33. The average molecular weight is 288 g/mol. The molecule has 1 aliphatic rings. The first-order valence-electron chi connectivity index (χ1n) is 5.74. The van der Waals surface area contributed by atoms with Crippen molar-refractivity contribution in [1.82, 2.24) is 4.90 Å². The van der Waals surface area contributed by atoms with Gasteiger partial charge >= 0.3 is 0 Å². The van der Waals surface area contributed by atoms with Gasteiger partial charge < -0.3 is 15.5 Å². The number of carbonyl (C=O) groups excluding carboxylic acids is 1. The van der Waals surface area contributed by atoms with Crippen LogP contribution in [0.3, 0.4) is 0 Å². The van der Waals surface area contributed by atoms with Crippen LogP contribution >= 0.6 is 23.2 Å². The summed E-state index contributed by atoms with van der Waals surface area (Å²) in [6, 6.07) is 3.44. The molecule has 1 aromatic carbocycles. The number of benzene rings is 1. The lowest BCUT2D eigenvalue weighted by atomic mass is 10.2. The summed E-state index contributed by atoms with van der Waals surface area (Å²) in [6.07, 6.45) is 0. The first-order chi connectivity index (χ1) is 8.49. The van der Waals surface area contributed by atoms with Crippen molar-refractivity contribution in [3.05, 3.63) is 22.2 Å². The molecule has 1 heterocycles. The second-order valence-corrected chi connectivity index (χ2v) is 5.13. The molecule has 0 radical (unpaired) electrons. The van der Waals surface area contributed by atoms with E-state index in [4.69, 9.17) is 28.9 Å². The van der Waals surface area contributed by atoms with Crippen molar-refractivity contribution >= 4 is 40.5 Å². The molecule has 0 unspecified atom stereocenters. The maximum atomic E-state index is 11.3. The van der Waals surface area contributed by atoms with Crippen LogP contribution in [0.25, 0.3) is 0 Å². The van der Waals surface area contributed by atoms with E-state index < -0.39 is 0 Å². The number of piperazine rings is 1. The van der Waals surface area contributed by atoms with Gasteiger partial charge in [-0.15, -0.1) is 0 Å². The Kier molecular flexibility index (Phi) is 3.88. The SMILES string of the molecule is CC(=O)N1CCN(c2cc(Cl)c(Cl)cc2N)CC1. The fourth-order valence-corrected chi connectivity index (χ4v) is 2.42. The second kappa shape index (κ2) is 5.24. The summed E-state index contributed by atoms with van der Waals surface area (Å²) in [4.78, 5) is 15.2. The number of halogens is 2. The number of anilines is 2. The molecular weight excluding hydrogens is 273 g/mol. The first kappa shape index (κ1) is 13.3. The van der Waals surface area contributed by atoms with E-state index in [1.165, 1.54) is 0 Å². The van der Waals surface area contributed by atoms with Crippen LogP contribution < -0.4 is 10.6 Å². The summed E-state index contributed by atoms with van der Waals surface area (Å²) in [5.41, 5.74) is 7.44.